The molecule has 2 N–H and O–H groups in total. The Balaban J connectivity index is 1.96. The number of thiophene rings is 1. The molecule has 0 aliphatic carbocycles. The Bertz CT molecular complexity index is 694. The number of aliphatic imine (C=N–C) groups is 1. The van der Waals surface area contributed by atoms with Crippen LogP contribution in [0.25, 0.3) is 0 Å². The van der Waals surface area contributed by atoms with Crippen LogP contribution in [0.2, 0.25) is 0 Å². The van der Waals surface area contributed by atoms with Crippen LogP contribution in [0.5, 0.6) is 5.75 Å². The number of rotatable bonds is 5. The van der Waals surface area contributed by atoms with E-state index in [4.69, 9.17) is 4.74 Å². The molecular weight excluding hydrogens is 308 g/mol. The number of nitrogens with zero attached hydrogens (tertiary/aromatic N) is 2. The highest BCUT2D eigenvalue weighted by molar-refractivity contribution is 7.11. The van der Waals surface area contributed by atoms with Crippen LogP contribution in [0.3, 0.4) is 0 Å². The van der Waals surface area contributed by atoms with Crippen molar-refractivity contribution in [2.45, 2.75) is 33.9 Å². The Morgan fingerprint density at radius 1 is 1.22 bits per heavy atom. The van der Waals surface area contributed by atoms with Crippen molar-refractivity contribution < 1.29 is 4.74 Å². The van der Waals surface area contributed by atoms with Gasteiger partial charge in [0.2, 0.25) is 0 Å². The first-order valence-corrected chi connectivity index (χ1v) is 8.35. The van der Waals surface area contributed by atoms with Gasteiger partial charge in [0.05, 0.1) is 25.9 Å². The van der Waals surface area contributed by atoms with E-state index in [1.54, 1.807) is 25.5 Å². The van der Waals surface area contributed by atoms with Crippen LogP contribution in [-0.2, 0) is 13.1 Å². The standard InChI is InChI=1S/C17H24N4OS/c1-11-8-19-15(13(3)16(11)22-5)10-21-17(18-4)20-9-14-7-6-12(2)23-14/h6-8H,9-10H2,1-5H3,(H2,18,20,21). The van der Waals surface area contributed by atoms with Crippen molar-refractivity contribution in [2.75, 3.05) is 14.2 Å². The molecule has 2 aromatic rings. The van der Waals surface area contributed by atoms with Crippen LogP contribution in [0, 0.1) is 20.8 Å². The number of ether oxygens (including phenoxy) is 1. The fraction of sp³-hybridized carbons (Fsp3) is 0.412. The van der Waals surface area contributed by atoms with Crippen molar-refractivity contribution in [1.29, 1.82) is 0 Å². The monoisotopic (exact) mass is 332 g/mol. The zero-order chi connectivity index (χ0) is 16.8. The summed E-state index contributed by atoms with van der Waals surface area (Å²) in [6, 6.07) is 4.26. The Labute approximate surface area is 141 Å². The molecule has 0 unspecified atom stereocenters. The van der Waals surface area contributed by atoms with Gasteiger partial charge >= 0.3 is 0 Å². The lowest BCUT2D eigenvalue weighted by Crippen LogP contribution is -2.36. The zero-order valence-electron chi connectivity index (χ0n) is 14.4. The number of aromatic nitrogens is 1. The van der Waals surface area contributed by atoms with Crippen LogP contribution in [0.15, 0.2) is 23.3 Å². The van der Waals surface area contributed by atoms with E-state index < -0.39 is 0 Å². The Morgan fingerprint density at radius 2 is 1.96 bits per heavy atom. The second kappa shape index (κ2) is 7.97. The van der Waals surface area contributed by atoms with Gasteiger partial charge in [-0.3, -0.25) is 9.98 Å². The SMILES string of the molecule is CN=C(NCc1ccc(C)s1)NCc1ncc(C)c(OC)c1C. The van der Waals surface area contributed by atoms with E-state index in [1.165, 1.54) is 9.75 Å². The third-order valence-corrected chi connectivity index (χ3v) is 4.62. The van der Waals surface area contributed by atoms with Crippen molar-refractivity contribution in [1.82, 2.24) is 15.6 Å². The van der Waals surface area contributed by atoms with Crippen LogP contribution < -0.4 is 15.4 Å². The quantitative estimate of drug-likeness (QED) is 0.653. The number of nitrogens with one attached hydrogen (secondary N) is 2. The highest BCUT2D eigenvalue weighted by Gasteiger charge is 2.10. The lowest BCUT2D eigenvalue weighted by atomic mass is 10.1. The normalized spacial score (nSPS) is 11.4. The number of pyridine rings is 1. The lowest BCUT2D eigenvalue weighted by Gasteiger charge is -2.14. The highest BCUT2D eigenvalue weighted by Crippen LogP contribution is 2.23. The summed E-state index contributed by atoms with van der Waals surface area (Å²) in [4.78, 5) is 11.4. The average Bonchev–Trinajstić information content (AvgIpc) is 2.95. The van der Waals surface area contributed by atoms with Crippen molar-refractivity contribution in [3.8, 4) is 5.75 Å². The van der Waals surface area contributed by atoms with Gasteiger partial charge in [0.15, 0.2) is 5.96 Å². The second-order valence-corrected chi connectivity index (χ2v) is 6.71. The fourth-order valence-corrected chi connectivity index (χ4v) is 3.22. The predicted octanol–water partition coefficient (Wildman–Crippen LogP) is 2.94. The van der Waals surface area contributed by atoms with E-state index in [9.17, 15) is 0 Å². The molecule has 124 valence electrons. The first-order valence-electron chi connectivity index (χ1n) is 7.54. The smallest absolute Gasteiger partial charge is 0.191 e. The van der Waals surface area contributed by atoms with Crippen LogP contribution in [0.1, 0.15) is 26.6 Å². The van der Waals surface area contributed by atoms with Crippen LogP contribution in [0.4, 0.5) is 0 Å². The molecular formula is C17H24N4OS. The summed E-state index contributed by atoms with van der Waals surface area (Å²) in [5.74, 6) is 1.66. The minimum atomic E-state index is 0.603. The molecule has 2 aromatic heterocycles. The maximum atomic E-state index is 5.44. The molecule has 5 nitrogen and oxygen atoms in total. The molecule has 0 aliphatic rings. The summed E-state index contributed by atoms with van der Waals surface area (Å²) in [7, 11) is 3.46. The number of aryl methyl sites for hydroxylation is 2. The van der Waals surface area contributed by atoms with E-state index in [1.807, 2.05) is 20.0 Å². The van der Waals surface area contributed by atoms with Crippen molar-refractivity contribution >= 4 is 17.3 Å². The van der Waals surface area contributed by atoms with Gasteiger partial charge in [0.1, 0.15) is 5.75 Å². The van der Waals surface area contributed by atoms with Crippen molar-refractivity contribution in [3.05, 3.63) is 44.9 Å². The molecule has 0 aromatic carbocycles. The fourth-order valence-electron chi connectivity index (χ4n) is 2.39. The maximum Gasteiger partial charge on any atom is 0.191 e. The summed E-state index contributed by atoms with van der Waals surface area (Å²) >= 11 is 1.79. The van der Waals surface area contributed by atoms with Gasteiger partial charge in [-0.25, -0.2) is 0 Å². The molecule has 0 aliphatic heterocycles. The average molecular weight is 332 g/mol. The minimum Gasteiger partial charge on any atom is -0.496 e. The predicted molar refractivity (Wildman–Crippen MR) is 96.4 cm³/mol. The van der Waals surface area contributed by atoms with Crippen molar-refractivity contribution in [3.63, 3.8) is 0 Å². The molecule has 6 heteroatoms. The number of methoxy groups -OCH3 is 1. The molecule has 0 bridgehead atoms. The molecule has 0 saturated heterocycles. The minimum absolute atomic E-state index is 0.603. The molecule has 2 heterocycles. The first kappa shape index (κ1) is 17.3. The first-order chi connectivity index (χ1) is 11.0. The third kappa shape index (κ3) is 4.45. The Morgan fingerprint density at radius 3 is 2.57 bits per heavy atom. The third-order valence-electron chi connectivity index (χ3n) is 3.62. The largest absolute Gasteiger partial charge is 0.496 e. The zero-order valence-corrected chi connectivity index (χ0v) is 15.2. The molecule has 0 atom stereocenters. The number of hydrogen-bond donors (Lipinski definition) is 2. The van der Waals surface area contributed by atoms with Crippen LogP contribution in [-0.4, -0.2) is 25.1 Å². The molecule has 0 spiro atoms. The molecule has 0 saturated carbocycles. The highest BCUT2D eigenvalue weighted by atomic mass is 32.1. The van der Waals surface area contributed by atoms with Gasteiger partial charge in [-0.15, -0.1) is 11.3 Å². The number of guanidine groups is 1. The Kier molecular flexibility index (Phi) is 5.98. The maximum absolute atomic E-state index is 5.44. The van der Waals surface area contributed by atoms with E-state index in [2.05, 4.69) is 39.7 Å². The summed E-state index contributed by atoms with van der Waals surface area (Å²) in [6.45, 7) is 7.51. The van der Waals surface area contributed by atoms with Gasteiger partial charge in [-0.2, -0.15) is 0 Å². The van der Waals surface area contributed by atoms with E-state index >= 15 is 0 Å². The molecule has 2 rings (SSSR count). The van der Waals surface area contributed by atoms with E-state index in [0.717, 1.165) is 35.1 Å². The molecule has 0 amide bonds. The van der Waals surface area contributed by atoms with Gasteiger partial charge in [0, 0.05) is 34.1 Å². The van der Waals surface area contributed by atoms with Gasteiger partial charge in [-0.05, 0) is 32.9 Å². The topological polar surface area (TPSA) is 58.5 Å². The number of hydrogen-bond acceptors (Lipinski definition) is 4. The van der Waals surface area contributed by atoms with E-state index in [-0.39, 0.29) is 0 Å². The molecule has 0 radical (unpaired) electrons. The second-order valence-electron chi connectivity index (χ2n) is 5.34. The summed E-state index contributed by atoms with van der Waals surface area (Å²) < 4.78 is 5.44. The van der Waals surface area contributed by atoms with Crippen LogP contribution >= 0.6 is 11.3 Å². The summed E-state index contributed by atoms with van der Waals surface area (Å²) in [5, 5.41) is 6.62. The van der Waals surface area contributed by atoms with Gasteiger partial charge in [0.25, 0.3) is 0 Å². The molecule has 0 fully saturated rings. The lowest BCUT2D eigenvalue weighted by molar-refractivity contribution is 0.406. The van der Waals surface area contributed by atoms with E-state index in [0.29, 0.717) is 6.54 Å². The molecule has 23 heavy (non-hydrogen) atoms. The van der Waals surface area contributed by atoms with Gasteiger partial charge < -0.3 is 15.4 Å². The van der Waals surface area contributed by atoms with Gasteiger partial charge in [-0.1, -0.05) is 0 Å². The summed E-state index contributed by atoms with van der Waals surface area (Å²) in [6.07, 6.45) is 1.84. The van der Waals surface area contributed by atoms with Crippen molar-refractivity contribution in [2.24, 2.45) is 4.99 Å². The summed E-state index contributed by atoms with van der Waals surface area (Å²) in [5.41, 5.74) is 3.07. The Hall–Kier alpha value is -2.08.